The van der Waals surface area contributed by atoms with Gasteiger partial charge in [-0.05, 0) is 19.3 Å². The van der Waals surface area contributed by atoms with Crippen LogP contribution in [0.2, 0.25) is 0 Å². The van der Waals surface area contributed by atoms with Gasteiger partial charge in [0.05, 0.1) is 6.61 Å². The molecular weight excluding hydrogens is 200 g/mol. The zero-order valence-electron chi connectivity index (χ0n) is 11.3. The van der Waals surface area contributed by atoms with E-state index in [0.29, 0.717) is 18.9 Å². The van der Waals surface area contributed by atoms with E-state index < -0.39 is 0 Å². The molecule has 0 aromatic rings. The number of carbonyl (C=O) groups excluding carboxylic acids is 1. The van der Waals surface area contributed by atoms with Gasteiger partial charge in [0.2, 0.25) is 0 Å². The normalized spacial score (nSPS) is 12.4. The second-order valence-corrected chi connectivity index (χ2v) is 4.47. The van der Waals surface area contributed by atoms with Crippen LogP contribution in [0.25, 0.3) is 0 Å². The highest BCUT2D eigenvalue weighted by molar-refractivity contribution is 5.69. The summed E-state index contributed by atoms with van der Waals surface area (Å²) in [7, 11) is 0. The highest BCUT2D eigenvalue weighted by Crippen LogP contribution is 2.19. The van der Waals surface area contributed by atoms with Crippen molar-refractivity contribution in [2.24, 2.45) is 5.92 Å². The van der Waals surface area contributed by atoms with Gasteiger partial charge in [0.1, 0.15) is 0 Å². The lowest BCUT2D eigenvalue weighted by atomic mass is 9.94. The summed E-state index contributed by atoms with van der Waals surface area (Å²) < 4.78 is 4.94. The molecule has 0 saturated carbocycles. The minimum Gasteiger partial charge on any atom is -0.466 e. The van der Waals surface area contributed by atoms with Crippen molar-refractivity contribution in [3.63, 3.8) is 0 Å². The lowest BCUT2D eigenvalue weighted by Gasteiger charge is -2.13. The third kappa shape index (κ3) is 8.75. The van der Waals surface area contributed by atoms with Crippen molar-refractivity contribution in [2.75, 3.05) is 6.61 Å². The quantitative estimate of drug-likeness (QED) is 0.411. The topological polar surface area (TPSA) is 26.3 Å². The first-order valence-electron chi connectivity index (χ1n) is 6.90. The number of hydrogen-bond acceptors (Lipinski definition) is 2. The molecule has 16 heavy (non-hydrogen) atoms. The van der Waals surface area contributed by atoms with Gasteiger partial charge in [0, 0.05) is 6.42 Å². The maximum atomic E-state index is 11.2. The van der Waals surface area contributed by atoms with Crippen molar-refractivity contribution in [3.05, 3.63) is 0 Å². The van der Waals surface area contributed by atoms with Gasteiger partial charge in [-0.25, -0.2) is 0 Å². The van der Waals surface area contributed by atoms with Crippen LogP contribution < -0.4 is 0 Å². The monoisotopic (exact) mass is 228 g/mol. The fraction of sp³-hybridized carbons (Fsp3) is 0.929. The van der Waals surface area contributed by atoms with Crippen LogP contribution in [0.3, 0.4) is 0 Å². The Balaban J connectivity index is 3.54. The summed E-state index contributed by atoms with van der Waals surface area (Å²) in [6.07, 6.45) is 9.35. The van der Waals surface area contributed by atoms with Gasteiger partial charge in [-0.3, -0.25) is 4.79 Å². The van der Waals surface area contributed by atoms with Crippen molar-refractivity contribution < 1.29 is 9.53 Å². The molecule has 0 aliphatic heterocycles. The highest BCUT2D eigenvalue weighted by atomic mass is 16.5. The molecule has 1 atom stereocenters. The molecule has 0 saturated heterocycles. The van der Waals surface area contributed by atoms with Crippen LogP contribution in [-0.2, 0) is 9.53 Å². The molecule has 2 heteroatoms. The van der Waals surface area contributed by atoms with Crippen LogP contribution in [0.15, 0.2) is 0 Å². The molecule has 96 valence electrons. The van der Waals surface area contributed by atoms with E-state index in [1.807, 2.05) is 6.92 Å². The zero-order chi connectivity index (χ0) is 12.2. The lowest BCUT2D eigenvalue weighted by molar-refractivity contribution is -0.143. The van der Waals surface area contributed by atoms with E-state index >= 15 is 0 Å². The standard InChI is InChI=1S/C14H28O2/c1-4-7-8-9-10-13(5-2)11-12-14(15)16-6-3/h13H,4-12H2,1-3H3. The molecule has 0 fully saturated rings. The van der Waals surface area contributed by atoms with Crippen molar-refractivity contribution in [3.8, 4) is 0 Å². The van der Waals surface area contributed by atoms with Gasteiger partial charge < -0.3 is 4.74 Å². The van der Waals surface area contributed by atoms with E-state index in [-0.39, 0.29) is 5.97 Å². The second-order valence-electron chi connectivity index (χ2n) is 4.47. The molecule has 0 heterocycles. The number of hydrogen-bond donors (Lipinski definition) is 0. The summed E-state index contributed by atoms with van der Waals surface area (Å²) in [4.78, 5) is 11.2. The Morgan fingerprint density at radius 3 is 2.38 bits per heavy atom. The van der Waals surface area contributed by atoms with Gasteiger partial charge in [-0.15, -0.1) is 0 Å². The lowest BCUT2D eigenvalue weighted by Crippen LogP contribution is -2.07. The molecule has 0 radical (unpaired) electrons. The van der Waals surface area contributed by atoms with E-state index in [2.05, 4.69) is 13.8 Å². The fourth-order valence-corrected chi connectivity index (χ4v) is 1.97. The van der Waals surface area contributed by atoms with Gasteiger partial charge in [0.15, 0.2) is 0 Å². The Hall–Kier alpha value is -0.530. The number of ether oxygens (including phenoxy) is 1. The number of rotatable bonds is 10. The Morgan fingerprint density at radius 1 is 1.06 bits per heavy atom. The second kappa shape index (κ2) is 11.0. The molecule has 0 amide bonds. The van der Waals surface area contributed by atoms with Crippen LogP contribution in [0, 0.1) is 5.92 Å². The number of carbonyl (C=O) groups is 1. The molecule has 0 bridgehead atoms. The summed E-state index contributed by atoms with van der Waals surface area (Å²) in [5.41, 5.74) is 0. The van der Waals surface area contributed by atoms with Crippen molar-refractivity contribution >= 4 is 5.97 Å². The van der Waals surface area contributed by atoms with Gasteiger partial charge in [-0.2, -0.15) is 0 Å². The van der Waals surface area contributed by atoms with Crippen molar-refractivity contribution in [1.82, 2.24) is 0 Å². The van der Waals surface area contributed by atoms with Crippen molar-refractivity contribution in [1.29, 1.82) is 0 Å². The van der Waals surface area contributed by atoms with E-state index in [9.17, 15) is 4.79 Å². The van der Waals surface area contributed by atoms with Crippen molar-refractivity contribution in [2.45, 2.75) is 72.1 Å². The molecule has 0 aliphatic rings. The summed E-state index contributed by atoms with van der Waals surface area (Å²) in [5, 5.41) is 0. The fourth-order valence-electron chi connectivity index (χ4n) is 1.97. The minimum atomic E-state index is -0.0329. The predicted octanol–water partition coefficient (Wildman–Crippen LogP) is 4.33. The number of unbranched alkanes of at least 4 members (excludes halogenated alkanes) is 3. The van der Waals surface area contributed by atoms with E-state index in [1.165, 1.54) is 38.5 Å². The van der Waals surface area contributed by atoms with E-state index in [1.54, 1.807) is 0 Å². The molecule has 2 nitrogen and oxygen atoms in total. The summed E-state index contributed by atoms with van der Waals surface area (Å²) in [6, 6.07) is 0. The first kappa shape index (κ1) is 15.5. The van der Waals surface area contributed by atoms with Crippen LogP contribution >= 0.6 is 0 Å². The van der Waals surface area contributed by atoms with Gasteiger partial charge in [0.25, 0.3) is 0 Å². The zero-order valence-corrected chi connectivity index (χ0v) is 11.3. The molecule has 1 unspecified atom stereocenters. The van der Waals surface area contributed by atoms with Crippen LogP contribution in [-0.4, -0.2) is 12.6 Å². The average molecular weight is 228 g/mol. The Kier molecular flexibility index (Phi) is 10.6. The first-order valence-corrected chi connectivity index (χ1v) is 6.90. The molecular formula is C14H28O2. The maximum absolute atomic E-state index is 11.2. The molecule has 0 N–H and O–H groups in total. The van der Waals surface area contributed by atoms with Crippen LogP contribution in [0.5, 0.6) is 0 Å². The summed E-state index contributed by atoms with van der Waals surface area (Å²) in [5.74, 6) is 0.677. The average Bonchev–Trinajstić information content (AvgIpc) is 2.28. The molecule has 0 aromatic carbocycles. The summed E-state index contributed by atoms with van der Waals surface area (Å²) >= 11 is 0. The number of esters is 1. The predicted molar refractivity (Wildman–Crippen MR) is 68.4 cm³/mol. The smallest absolute Gasteiger partial charge is 0.305 e. The minimum absolute atomic E-state index is 0.0329. The Bertz CT molecular complexity index is 166. The van der Waals surface area contributed by atoms with E-state index in [0.717, 1.165) is 6.42 Å². The van der Waals surface area contributed by atoms with Crippen LogP contribution in [0.1, 0.15) is 72.1 Å². The Morgan fingerprint density at radius 2 is 1.81 bits per heavy atom. The maximum Gasteiger partial charge on any atom is 0.305 e. The SMILES string of the molecule is CCCCCCC(CC)CCC(=O)OCC. The third-order valence-electron chi connectivity index (χ3n) is 3.11. The Labute approximate surface area is 101 Å². The molecule has 0 rings (SSSR count). The van der Waals surface area contributed by atoms with E-state index in [4.69, 9.17) is 4.74 Å². The largest absolute Gasteiger partial charge is 0.466 e. The third-order valence-corrected chi connectivity index (χ3v) is 3.11. The van der Waals surface area contributed by atoms with Crippen LogP contribution in [0.4, 0.5) is 0 Å². The van der Waals surface area contributed by atoms with Gasteiger partial charge >= 0.3 is 5.97 Å². The summed E-state index contributed by atoms with van der Waals surface area (Å²) in [6.45, 7) is 6.82. The molecule has 0 aliphatic carbocycles. The first-order chi connectivity index (χ1) is 7.74. The van der Waals surface area contributed by atoms with Gasteiger partial charge in [-0.1, -0.05) is 52.4 Å². The molecule has 0 spiro atoms. The highest BCUT2D eigenvalue weighted by Gasteiger charge is 2.09. The molecule has 0 aromatic heterocycles.